The zero-order valence-corrected chi connectivity index (χ0v) is 14.8. The number of aromatic amines is 1. The van der Waals surface area contributed by atoms with E-state index in [0.29, 0.717) is 23.6 Å². The highest BCUT2D eigenvalue weighted by atomic mass is 32.1. The smallest absolute Gasteiger partial charge is 0.264 e. The molecule has 3 N–H and O–H groups in total. The van der Waals surface area contributed by atoms with Crippen LogP contribution < -0.4 is 20.5 Å². The average Bonchev–Trinajstić information content (AvgIpc) is 3.08. The Morgan fingerprint density at radius 3 is 2.72 bits per heavy atom. The third-order valence-electron chi connectivity index (χ3n) is 4.14. The molecule has 0 unspecified atom stereocenters. The van der Waals surface area contributed by atoms with Crippen LogP contribution in [0.3, 0.4) is 0 Å². The van der Waals surface area contributed by atoms with Crippen molar-refractivity contribution in [2.45, 2.75) is 12.5 Å². The second-order valence-corrected chi connectivity index (χ2v) is 5.96. The highest BCUT2D eigenvalue weighted by molar-refractivity contribution is 7.71. The fourth-order valence-corrected chi connectivity index (χ4v) is 2.91. The third kappa shape index (κ3) is 2.98. The van der Waals surface area contributed by atoms with Crippen molar-refractivity contribution in [2.24, 2.45) is 12.1 Å². The van der Waals surface area contributed by atoms with Gasteiger partial charge in [-0.3, -0.25) is 14.3 Å². The molecular weight excluding hydrogens is 344 g/mol. The van der Waals surface area contributed by atoms with Gasteiger partial charge in [-0.25, -0.2) is 0 Å². The quantitative estimate of drug-likeness (QED) is 0.715. The Morgan fingerprint density at radius 2 is 2.04 bits per heavy atom. The molecule has 0 amide bonds. The maximum Gasteiger partial charge on any atom is 0.264 e. The zero-order valence-electron chi connectivity index (χ0n) is 14.0. The molecule has 1 aliphatic rings. The summed E-state index contributed by atoms with van der Waals surface area (Å²) in [6.07, 6.45) is 0.433. The van der Waals surface area contributed by atoms with Crippen molar-refractivity contribution < 1.29 is 14.6 Å². The number of nitrogens with one attached hydrogen (secondary N) is 2. The highest BCUT2D eigenvalue weighted by Gasteiger charge is 2.27. The van der Waals surface area contributed by atoms with Crippen molar-refractivity contribution in [1.82, 2.24) is 15.0 Å². The lowest BCUT2D eigenvalue weighted by Crippen LogP contribution is -2.21. The minimum Gasteiger partial charge on any atom is -0.494 e. The van der Waals surface area contributed by atoms with Gasteiger partial charge in [0.1, 0.15) is 5.56 Å². The molecule has 0 aliphatic carbocycles. The summed E-state index contributed by atoms with van der Waals surface area (Å²) in [5.74, 6) is 1.03. The number of hydrazone groups is 1. The molecule has 1 aromatic heterocycles. The Hall–Kier alpha value is -2.81. The summed E-state index contributed by atoms with van der Waals surface area (Å²) < 4.78 is 12.0. The monoisotopic (exact) mass is 362 g/mol. The van der Waals surface area contributed by atoms with E-state index in [1.165, 1.54) is 4.57 Å². The molecule has 0 radical (unpaired) electrons. The summed E-state index contributed by atoms with van der Waals surface area (Å²) >= 11 is 4.98. The van der Waals surface area contributed by atoms with Gasteiger partial charge >= 0.3 is 0 Å². The lowest BCUT2D eigenvalue weighted by molar-refractivity contribution is 0.354. The van der Waals surface area contributed by atoms with E-state index in [-0.39, 0.29) is 22.3 Å². The van der Waals surface area contributed by atoms with E-state index in [2.05, 4.69) is 15.5 Å². The first-order chi connectivity index (χ1) is 12.0. The zero-order chi connectivity index (χ0) is 18.1. The summed E-state index contributed by atoms with van der Waals surface area (Å²) in [4.78, 5) is 14.7. The van der Waals surface area contributed by atoms with E-state index in [9.17, 15) is 9.90 Å². The minimum atomic E-state index is -0.464. The van der Waals surface area contributed by atoms with Crippen molar-refractivity contribution in [3.63, 3.8) is 0 Å². The van der Waals surface area contributed by atoms with E-state index >= 15 is 0 Å². The van der Waals surface area contributed by atoms with Gasteiger partial charge in [0.25, 0.3) is 5.56 Å². The number of rotatable bonds is 4. The number of hydrogen-bond donors (Lipinski definition) is 3. The Balaban J connectivity index is 1.91. The molecule has 0 saturated carbocycles. The lowest BCUT2D eigenvalue weighted by atomic mass is 9.99. The van der Waals surface area contributed by atoms with Gasteiger partial charge < -0.3 is 20.0 Å². The Morgan fingerprint density at radius 1 is 1.32 bits per heavy atom. The fourth-order valence-electron chi connectivity index (χ4n) is 2.73. The fraction of sp³-hybridized carbons (Fsp3) is 0.312. The summed E-state index contributed by atoms with van der Waals surface area (Å²) in [7, 11) is 4.72. The number of methoxy groups -OCH3 is 2. The third-order valence-corrected chi connectivity index (χ3v) is 4.52. The molecule has 2 aromatic rings. The van der Waals surface area contributed by atoms with E-state index in [0.717, 1.165) is 5.56 Å². The molecule has 0 spiro atoms. The van der Waals surface area contributed by atoms with Crippen molar-refractivity contribution in [1.29, 1.82) is 0 Å². The van der Waals surface area contributed by atoms with Gasteiger partial charge in [0.2, 0.25) is 5.88 Å². The Kier molecular flexibility index (Phi) is 4.49. The van der Waals surface area contributed by atoms with Crippen LogP contribution in [0.2, 0.25) is 0 Å². The maximum atomic E-state index is 12.2. The second kappa shape index (κ2) is 6.60. The molecule has 1 aliphatic heterocycles. The number of aromatic hydroxyl groups is 1. The summed E-state index contributed by atoms with van der Waals surface area (Å²) in [6.45, 7) is 0. The van der Waals surface area contributed by atoms with Gasteiger partial charge in [-0.2, -0.15) is 5.10 Å². The van der Waals surface area contributed by atoms with Crippen molar-refractivity contribution in [3.05, 3.63) is 44.5 Å². The van der Waals surface area contributed by atoms with Crippen LogP contribution in [0, 0.1) is 4.77 Å². The maximum absolute atomic E-state index is 12.2. The van der Waals surface area contributed by atoms with Crippen LogP contribution >= 0.6 is 12.2 Å². The Labute approximate surface area is 148 Å². The van der Waals surface area contributed by atoms with Crippen LogP contribution in [0.5, 0.6) is 17.4 Å². The van der Waals surface area contributed by atoms with Gasteiger partial charge in [0, 0.05) is 13.5 Å². The van der Waals surface area contributed by atoms with Gasteiger partial charge in [0.05, 0.1) is 26.0 Å². The molecule has 2 heterocycles. The first-order valence-electron chi connectivity index (χ1n) is 7.53. The van der Waals surface area contributed by atoms with Gasteiger partial charge in [-0.15, -0.1) is 0 Å². The van der Waals surface area contributed by atoms with Gasteiger partial charge in [-0.1, -0.05) is 6.07 Å². The van der Waals surface area contributed by atoms with Crippen molar-refractivity contribution in [2.75, 3.05) is 14.2 Å². The van der Waals surface area contributed by atoms with Crippen LogP contribution in [0.25, 0.3) is 0 Å². The van der Waals surface area contributed by atoms with Crippen LogP contribution in [-0.2, 0) is 7.05 Å². The molecule has 132 valence electrons. The number of H-pyrrole nitrogens is 1. The van der Waals surface area contributed by atoms with Gasteiger partial charge in [0.15, 0.2) is 16.3 Å². The van der Waals surface area contributed by atoms with Crippen molar-refractivity contribution >= 4 is 17.9 Å². The van der Waals surface area contributed by atoms with E-state index < -0.39 is 5.56 Å². The highest BCUT2D eigenvalue weighted by Crippen LogP contribution is 2.33. The largest absolute Gasteiger partial charge is 0.494 e. The second-order valence-electron chi connectivity index (χ2n) is 5.58. The molecule has 0 saturated heterocycles. The number of ether oxygens (including phenoxy) is 2. The summed E-state index contributed by atoms with van der Waals surface area (Å²) in [5.41, 5.74) is 4.03. The van der Waals surface area contributed by atoms with E-state index in [4.69, 9.17) is 21.7 Å². The molecule has 9 heteroatoms. The lowest BCUT2D eigenvalue weighted by Gasteiger charge is -2.14. The number of aromatic nitrogens is 2. The molecular formula is C16H18N4O4S. The molecule has 0 fully saturated rings. The molecule has 8 nitrogen and oxygen atoms in total. The molecule has 1 atom stereocenters. The minimum absolute atomic E-state index is 0.117. The van der Waals surface area contributed by atoms with Crippen LogP contribution in [0.1, 0.15) is 23.6 Å². The average molecular weight is 362 g/mol. The van der Waals surface area contributed by atoms with Crippen molar-refractivity contribution in [3.8, 4) is 17.4 Å². The van der Waals surface area contributed by atoms with Crippen LogP contribution in [0.15, 0.2) is 28.1 Å². The number of hydrogen-bond acceptors (Lipinski definition) is 7. The van der Waals surface area contributed by atoms with Crippen LogP contribution in [0.4, 0.5) is 0 Å². The Bertz CT molecular complexity index is 964. The summed E-state index contributed by atoms with van der Waals surface area (Å²) in [5, 5.41) is 14.5. The first-order valence-corrected chi connectivity index (χ1v) is 7.93. The predicted molar refractivity (Wildman–Crippen MR) is 95.1 cm³/mol. The topological polar surface area (TPSA) is 101 Å². The number of benzene rings is 1. The molecule has 25 heavy (non-hydrogen) atoms. The van der Waals surface area contributed by atoms with Gasteiger partial charge in [-0.05, 0) is 29.9 Å². The molecule has 3 rings (SSSR count). The van der Waals surface area contributed by atoms with E-state index in [1.807, 2.05) is 18.2 Å². The predicted octanol–water partition coefficient (Wildman–Crippen LogP) is 1.60. The van der Waals surface area contributed by atoms with E-state index in [1.54, 1.807) is 21.3 Å². The van der Waals surface area contributed by atoms with Crippen LogP contribution in [-0.4, -0.2) is 34.6 Å². The SMILES string of the molecule is COc1ccc([C@H]2CC(c3c(O)n(C)c(=S)[nH]c3=O)=NN2)cc1OC. The molecule has 0 bridgehead atoms. The summed E-state index contributed by atoms with van der Waals surface area (Å²) in [6, 6.07) is 5.41. The number of nitrogens with zero attached hydrogens (tertiary/aromatic N) is 2. The molecule has 1 aromatic carbocycles. The first kappa shape index (κ1) is 17.0. The standard InChI is InChI=1S/C16H18N4O4S/c1-20-15(22)13(14(21)17-16(20)25)10-7-9(18-19-10)8-4-5-11(23-2)12(6-8)24-3/h4-6,9,18,22H,7H2,1-3H3,(H,17,21,25)/t9-/m1/s1. The normalized spacial score (nSPS) is 16.3.